The molecular weight excluding hydrogens is 200 g/mol. The first kappa shape index (κ1) is 9.46. The van der Waals surface area contributed by atoms with Crippen LogP contribution < -0.4 is 5.56 Å². The molecule has 0 bridgehead atoms. The number of aryl methyl sites for hydroxylation is 1. The molecule has 2 aromatic rings. The quantitative estimate of drug-likeness (QED) is 0.818. The summed E-state index contributed by atoms with van der Waals surface area (Å²) in [6, 6.07) is 9.90. The first-order chi connectivity index (χ1) is 7.74. The third-order valence-electron chi connectivity index (χ3n) is 3.01. The molecule has 0 spiro atoms. The topological polar surface area (TPSA) is 37.8 Å². The Morgan fingerprint density at radius 2 is 2.12 bits per heavy atom. The molecule has 1 aliphatic rings. The molecule has 0 radical (unpaired) electrons. The second kappa shape index (κ2) is 3.37. The van der Waals surface area contributed by atoms with Crippen LogP contribution in [0.15, 0.2) is 35.1 Å². The Kier molecular flexibility index (Phi) is 1.99. The van der Waals surface area contributed by atoms with E-state index in [9.17, 15) is 4.79 Å². The minimum Gasteiger partial charge on any atom is -0.268 e. The van der Waals surface area contributed by atoms with Crippen molar-refractivity contribution in [3.63, 3.8) is 0 Å². The highest BCUT2D eigenvalue weighted by Gasteiger charge is 2.27. The van der Waals surface area contributed by atoms with Gasteiger partial charge in [0.2, 0.25) is 0 Å². The summed E-state index contributed by atoms with van der Waals surface area (Å²) in [5.74, 6) is 0.569. The van der Waals surface area contributed by atoms with Crippen molar-refractivity contribution in [1.29, 1.82) is 0 Å². The molecule has 82 valence electrons. The summed E-state index contributed by atoms with van der Waals surface area (Å²) >= 11 is 0. The van der Waals surface area contributed by atoms with E-state index in [-0.39, 0.29) is 5.56 Å². The summed E-state index contributed by atoms with van der Waals surface area (Å²) in [4.78, 5) is 11.4. The monoisotopic (exact) mass is 214 g/mol. The van der Waals surface area contributed by atoms with Gasteiger partial charge in [-0.3, -0.25) is 14.6 Å². The average molecular weight is 214 g/mol. The van der Waals surface area contributed by atoms with Crippen molar-refractivity contribution in [3.05, 3.63) is 51.9 Å². The van der Waals surface area contributed by atoms with Crippen LogP contribution in [-0.2, 0) is 0 Å². The highest BCUT2D eigenvalue weighted by molar-refractivity contribution is 5.37. The Morgan fingerprint density at radius 3 is 2.81 bits per heavy atom. The summed E-state index contributed by atoms with van der Waals surface area (Å²) in [7, 11) is 0. The Bertz CT molecular complexity index is 576. The fourth-order valence-corrected chi connectivity index (χ4v) is 2.07. The molecule has 1 aliphatic carbocycles. The van der Waals surface area contributed by atoms with Crippen molar-refractivity contribution in [1.82, 2.24) is 9.78 Å². The Hall–Kier alpha value is -1.77. The molecule has 1 aromatic carbocycles. The van der Waals surface area contributed by atoms with Gasteiger partial charge in [-0.25, -0.2) is 0 Å². The molecule has 0 saturated heterocycles. The number of nitrogens with one attached hydrogen (secondary N) is 1. The van der Waals surface area contributed by atoms with E-state index in [0.717, 1.165) is 11.4 Å². The number of rotatable bonds is 2. The van der Waals surface area contributed by atoms with Crippen LogP contribution in [0.3, 0.4) is 0 Å². The summed E-state index contributed by atoms with van der Waals surface area (Å²) in [6.45, 7) is 2.06. The molecule has 1 aromatic heterocycles. The summed E-state index contributed by atoms with van der Waals surface area (Å²) < 4.78 is 1.92. The smallest absolute Gasteiger partial charge is 0.264 e. The molecule has 0 atom stereocenters. The van der Waals surface area contributed by atoms with Gasteiger partial charge in [0.15, 0.2) is 0 Å². The first-order valence-electron chi connectivity index (χ1n) is 5.63. The number of aromatic amines is 1. The van der Waals surface area contributed by atoms with Crippen LogP contribution in [0.4, 0.5) is 0 Å². The van der Waals surface area contributed by atoms with Crippen molar-refractivity contribution in [2.24, 2.45) is 0 Å². The molecule has 1 N–H and O–H groups in total. The zero-order valence-electron chi connectivity index (χ0n) is 9.23. The SMILES string of the molecule is Cc1cccc(-n2[nH]c(=O)cc2C2CC2)c1. The van der Waals surface area contributed by atoms with Gasteiger partial charge in [-0.2, -0.15) is 0 Å². The standard InChI is InChI=1S/C13H14N2O/c1-9-3-2-4-11(7-9)15-12(10-5-6-10)8-13(16)14-15/h2-4,7-8,10H,5-6H2,1H3,(H,14,16). The van der Waals surface area contributed by atoms with Crippen LogP contribution in [0.1, 0.15) is 30.0 Å². The Morgan fingerprint density at radius 1 is 1.31 bits per heavy atom. The van der Waals surface area contributed by atoms with Crippen molar-refractivity contribution in [2.45, 2.75) is 25.7 Å². The van der Waals surface area contributed by atoms with Gasteiger partial charge in [0, 0.05) is 17.7 Å². The molecule has 1 fully saturated rings. The van der Waals surface area contributed by atoms with E-state index in [0.29, 0.717) is 5.92 Å². The summed E-state index contributed by atoms with van der Waals surface area (Å²) in [5, 5.41) is 2.87. The van der Waals surface area contributed by atoms with Crippen molar-refractivity contribution >= 4 is 0 Å². The molecular formula is C13H14N2O. The first-order valence-corrected chi connectivity index (χ1v) is 5.63. The lowest BCUT2D eigenvalue weighted by Crippen LogP contribution is -2.05. The van der Waals surface area contributed by atoms with E-state index in [4.69, 9.17) is 0 Å². The summed E-state index contributed by atoms with van der Waals surface area (Å²) in [5.41, 5.74) is 3.36. The van der Waals surface area contributed by atoms with Crippen LogP contribution in [-0.4, -0.2) is 9.78 Å². The van der Waals surface area contributed by atoms with Gasteiger partial charge < -0.3 is 0 Å². The van der Waals surface area contributed by atoms with Crippen molar-refractivity contribution < 1.29 is 0 Å². The van der Waals surface area contributed by atoms with Gasteiger partial charge in [-0.1, -0.05) is 12.1 Å². The minimum atomic E-state index is -0.0107. The maximum Gasteiger partial charge on any atom is 0.264 e. The van der Waals surface area contributed by atoms with Gasteiger partial charge in [0.1, 0.15) is 0 Å². The van der Waals surface area contributed by atoms with E-state index in [1.807, 2.05) is 16.8 Å². The van der Waals surface area contributed by atoms with Gasteiger partial charge in [0.05, 0.1) is 5.69 Å². The van der Waals surface area contributed by atoms with Crippen LogP contribution in [0, 0.1) is 6.92 Å². The van der Waals surface area contributed by atoms with Gasteiger partial charge in [-0.05, 0) is 37.5 Å². The lowest BCUT2D eigenvalue weighted by Gasteiger charge is -2.07. The van der Waals surface area contributed by atoms with Crippen LogP contribution in [0.5, 0.6) is 0 Å². The van der Waals surface area contributed by atoms with Crippen LogP contribution in [0.25, 0.3) is 5.69 Å². The Labute approximate surface area is 93.7 Å². The molecule has 3 heteroatoms. The molecule has 1 heterocycles. The van der Waals surface area contributed by atoms with Crippen molar-refractivity contribution in [3.8, 4) is 5.69 Å². The number of benzene rings is 1. The third kappa shape index (κ3) is 1.58. The number of aromatic nitrogens is 2. The third-order valence-corrected chi connectivity index (χ3v) is 3.01. The zero-order valence-corrected chi connectivity index (χ0v) is 9.23. The molecule has 0 aliphatic heterocycles. The predicted molar refractivity (Wildman–Crippen MR) is 63.1 cm³/mol. The fourth-order valence-electron chi connectivity index (χ4n) is 2.07. The predicted octanol–water partition coefficient (Wildman–Crippen LogP) is 2.35. The molecule has 0 amide bonds. The Balaban J connectivity index is 2.14. The van der Waals surface area contributed by atoms with E-state index in [1.54, 1.807) is 6.07 Å². The maximum absolute atomic E-state index is 11.4. The second-order valence-electron chi connectivity index (χ2n) is 4.49. The highest BCUT2D eigenvalue weighted by Crippen LogP contribution is 2.40. The van der Waals surface area contributed by atoms with E-state index in [1.165, 1.54) is 18.4 Å². The van der Waals surface area contributed by atoms with Gasteiger partial charge in [-0.15, -0.1) is 0 Å². The molecule has 3 nitrogen and oxygen atoms in total. The minimum absolute atomic E-state index is 0.0107. The van der Waals surface area contributed by atoms with Crippen LogP contribution >= 0.6 is 0 Å². The van der Waals surface area contributed by atoms with Gasteiger partial charge >= 0.3 is 0 Å². The number of hydrogen-bond donors (Lipinski definition) is 1. The fraction of sp³-hybridized carbons (Fsp3) is 0.308. The largest absolute Gasteiger partial charge is 0.268 e. The van der Waals surface area contributed by atoms with E-state index >= 15 is 0 Å². The lowest BCUT2D eigenvalue weighted by atomic mass is 10.2. The number of nitrogens with zero attached hydrogens (tertiary/aromatic N) is 1. The van der Waals surface area contributed by atoms with Gasteiger partial charge in [0.25, 0.3) is 5.56 Å². The van der Waals surface area contributed by atoms with Crippen molar-refractivity contribution in [2.75, 3.05) is 0 Å². The highest BCUT2D eigenvalue weighted by atomic mass is 16.1. The lowest BCUT2D eigenvalue weighted by molar-refractivity contribution is 0.799. The average Bonchev–Trinajstić information content (AvgIpc) is 3.02. The molecule has 16 heavy (non-hydrogen) atoms. The normalized spacial score (nSPS) is 15.3. The number of hydrogen-bond acceptors (Lipinski definition) is 1. The molecule has 1 saturated carbocycles. The van der Waals surface area contributed by atoms with E-state index < -0.39 is 0 Å². The van der Waals surface area contributed by atoms with E-state index in [2.05, 4.69) is 24.2 Å². The van der Waals surface area contributed by atoms with Crippen LogP contribution in [0.2, 0.25) is 0 Å². The summed E-state index contributed by atoms with van der Waals surface area (Å²) in [6.07, 6.45) is 2.40. The second-order valence-corrected chi connectivity index (χ2v) is 4.49. The zero-order chi connectivity index (χ0) is 11.1. The molecule has 3 rings (SSSR count). The number of H-pyrrole nitrogens is 1. The maximum atomic E-state index is 11.4. The molecule has 0 unspecified atom stereocenters.